The fourth-order valence-corrected chi connectivity index (χ4v) is 4.13. The van der Waals surface area contributed by atoms with Crippen LogP contribution in [0.15, 0.2) is 34.9 Å². The number of rotatable bonds is 5. The Morgan fingerprint density at radius 1 is 1.08 bits per heavy atom. The molecule has 1 aromatic carbocycles. The molecule has 26 heavy (non-hydrogen) atoms. The molecule has 0 amide bonds. The minimum atomic E-state index is 0.421. The molecular weight excluding hydrogens is 330 g/mol. The van der Waals surface area contributed by atoms with Crippen molar-refractivity contribution < 1.29 is 4.52 Å². The summed E-state index contributed by atoms with van der Waals surface area (Å²) < 4.78 is 7.27. The zero-order chi connectivity index (χ0) is 17.3. The first kappa shape index (κ1) is 15.6. The van der Waals surface area contributed by atoms with E-state index in [0.29, 0.717) is 30.6 Å². The van der Waals surface area contributed by atoms with Crippen LogP contribution in [0.2, 0.25) is 0 Å². The summed E-state index contributed by atoms with van der Waals surface area (Å²) in [6.07, 6.45) is 3.80. The lowest BCUT2D eigenvalue weighted by Crippen LogP contribution is -2.46. The van der Waals surface area contributed by atoms with Gasteiger partial charge in [-0.3, -0.25) is 0 Å². The van der Waals surface area contributed by atoms with E-state index in [1.54, 1.807) is 4.68 Å². The zero-order valence-corrected chi connectivity index (χ0v) is 14.5. The Morgan fingerprint density at radius 2 is 1.92 bits per heavy atom. The smallest absolute Gasteiger partial charge is 0.227 e. The molecule has 0 aliphatic carbocycles. The van der Waals surface area contributed by atoms with Gasteiger partial charge < -0.3 is 9.42 Å². The summed E-state index contributed by atoms with van der Waals surface area (Å²) in [5.41, 5.74) is 0.950. The summed E-state index contributed by atoms with van der Waals surface area (Å²) in [4.78, 5) is 7.18. The number of fused-ring (bicyclic) bond motifs is 3. The number of aromatic nitrogens is 6. The van der Waals surface area contributed by atoms with E-state index in [1.807, 2.05) is 30.3 Å². The monoisotopic (exact) mass is 351 g/mol. The number of aryl methyl sites for hydroxylation is 2. The third-order valence-electron chi connectivity index (χ3n) is 5.57. The van der Waals surface area contributed by atoms with Gasteiger partial charge in [-0.1, -0.05) is 23.4 Å². The topological polar surface area (TPSA) is 85.8 Å². The van der Waals surface area contributed by atoms with E-state index in [-0.39, 0.29) is 0 Å². The quantitative estimate of drug-likeness (QED) is 0.691. The SMILES string of the molecule is c1ccc(-n2nnnc2CCc2nc(C3CN4CCC3CC4)no2)cc1. The Morgan fingerprint density at radius 3 is 2.69 bits per heavy atom. The van der Waals surface area contributed by atoms with E-state index in [9.17, 15) is 0 Å². The Bertz CT molecular complexity index is 867. The van der Waals surface area contributed by atoms with Gasteiger partial charge in [0.25, 0.3) is 0 Å². The molecule has 8 nitrogen and oxygen atoms in total. The van der Waals surface area contributed by atoms with E-state index in [0.717, 1.165) is 23.9 Å². The first-order valence-electron chi connectivity index (χ1n) is 9.24. The molecule has 0 radical (unpaired) electrons. The molecular formula is C18H21N7O. The molecule has 0 spiro atoms. The van der Waals surface area contributed by atoms with Crippen molar-refractivity contribution in [2.75, 3.05) is 19.6 Å². The maximum atomic E-state index is 5.51. The van der Waals surface area contributed by atoms with Gasteiger partial charge in [0.2, 0.25) is 5.89 Å². The summed E-state index contributed by atoms with van der Waals surface area (Å²) in [6, 6.07) is 9.89. The highest BCUT2D eigenvalue weighted by Crippen LogP contribution is 2.37. The van der Waals surface area contributed by atoms with Gasteiger partial charge in [0, 0.05) is 25.3 Å². The average Bonchev–Trinajstić information content (AvgIpc) is 3.37. The fourth-order valence-electron chi connectivity index (χ4n) is 4.13. The van der Waals surface area contributed by atoms with Crippen LogP contribution < -0.4 is 0 Å². The predicted octanol–water partition coefficient (Wildman–Crippen LogP) is 1.64. The van der Waals surface area contributed by atoms with Crippen LogP contribution in [0.1, 0.15) is 36.3 Å². The molecule has 1 unspecified atom stereocenters. The minimum Gasteiger partial charge on any atom is -0.339 e. The molecule has 3 aliphatic heterocycles. The Kier molecular flexibility index (Phi) is 3.97. The molecule has 0 N–H and O–H groups in total. The molecule has 3 fully saturated rings. The van der Waals surface area contributed by atoms with Gasteiger partial charge in [-0.15, -0.1) is 5.10 Å². The molecule has 3 saturated heterocycles. The van der Waals surface area contributed by atoms with Crippen molar-refractivity contribution in [2.24, 2.45) is 5.92 Å². The Labute approximate surface area is 151 Å². The largest absolute Gasteiger partial charge is 0.339 e. The predicted molar refractivity (Wildman–Crippen MR) is 92.8 cm³/mol. The molecule has 6 rings (SSSR count). The fraction of sp³-hybridized carbons (Fsp3) is 0.500. The summed E-state index contributed by atoms with van der Waals surface area (Å²) in [5.74, 6) is 3.45. The van der Waals surface area contributed by atoms with Crippen LogP contribution >= 0.6 is 0 Å². The van der Waals surface area contributed by atoms with Crippen LogP contribution in [0.25, 0.3) is 5.69 Å². The molecule has 2 aromatic heterocycles. The van der Waals surface area contributed by atoms with Crippen molar-refractivity contribution in [3.63, 3.8) is 0 Å². The second-order valence-corrected chi connectivity index (χ2v) is 7.13. The lowest BCUT2D eigenvalue weighted by atomic mass is 9.79. The number of tetrazole rings is 1. The van der Waals surface area contributed by atoms with Crippen LogP contribution in [-0.4, -0.2) is 54.9 Å². The second-order valence-electron chi connectivity index (χ2n) is 7.13. The Balaban J connectivity index is 1.28. The van der Waals surface area contributed by atoms with Crippen LogP contribution in [0.5, 0.6) is 0 Å². The van der Waals surface area contributed by atoms with Gasteiger partial charge in [-0.05, 0) is 54.4 Å². The lowest BCUT2D eigenvalue weighted by molar-refractivity contribution is 0.0825. The van der Waals surface area contributed by atoms with Gasteiger partial charge in [0.05, 0.1) is 5.69 Å². The van der Waals surface area contributed by atoms with Crippen LogP contribution in [0, 0.1) is 5.92 Å². The highest BCUT2D eigenvalue weighted by Gasteiger charge is 2.37. The minimum absolute atomic E-state index is 0.421. The van der Waals surface area contributed by atoms with Crippen molar-refractivity contribution in [1.82, 2.24) is 35.2 Å². The lowest BCUT2D eigenvalue weighted by Gasteiger charge is -2.43. The molecule has 8 heteroatoms. The zero-order valence-electron chi connectivity index (χ0n) is 14.5. The molecule has 134 valence electrons. The maximum absolute atomic E-state index is 5.51. The third kappa shape index (κ3) is 2.90. The van der Waals surface area contributed by atoms with E-state index >= 15 is 0 Å². The van der Waals surface area contributed by atoms with Crippen molar-refractivity contribution >= 4 is 0 Å². The molecule has 5 heterocycles. The number of para-hydroxylation sites is 1. The van der Waals surface area contributed by atoms with Gasteiger partial charge in [-0.2, -0.15) is 9.67 Å². The molecule has 1 atom stereocenters. The van der Waals surface area contributed by atoms with Gasteiger partial charge in [-0.25, -0.2) is 0 Å². The highest BCUT2D eigenvalue weighted by molar-refractivity contribution is 5.30. The van der Waals surface area contributed by atoms with Gasteiger partial charge >= 0.3 is 0 Å². The number of hydrogen-bond donors (Lipinski definition) is 0. The third-order valence-corrected chi connectivity index (χ3v) is 5.57. The molecule has 3 aromatic rings. The van der Waals surface area contributed by atoms with Gasteiger partial charge in [0.15, 0.2) is 11.6 Å². The standard InChI is InChI=1S/C18H21N7O/c1-2-4-14(5-3-1)25-16(20-22-23-25)6-7-17-19-18(21-26-17)15-12-24-10-8-13(15)9-11-24/h1-5,13,15H,6-12H2. The van der Waals surface area contributed by atoms with E-state index in [2.05, 4.69) is 30.6 Å². The summed E-state index contributed by atoms with van der Waals surface area (Å²) in [6.45, 7) is 3.50. The second kappa shape index (κ2) is 6.60. The Hall–Kier alpha value is -2.61. The van der Waals surface area contributed by atoms with Gasteiger partial charge in [0.1, 0.15) is 0 Å². The normalized spacial score (nSPS) is 24.8. The molecule has 2 bridgehead atoms. The average molecular weight is 351 g/mol. The highest BCUT2D eigenvalue weighted by atomic mass is 16.5. The maximum Gasteiger partial charge on any atom is 0.227 e. The van der Waals surface area contributed by atoms with E-state index in [1.165, 1.54) is 25.9 Å². The van der Waals surface area contributed by atoms with Crippen molar-refractivity contribution in [3.8, 4) is 5.69 Å². The summed E-state index contributed by atoms with van der Waals surface area (Å²) >= 11 is 0. The van der Waals surface area contributed by atoms with E-state index in [4.69, 9.17) is 4.52 Å². The molecule has 0 saturated carbocycles. The number of piperidine rings is 3. The summed E-state index contributed by atoms with van der Waals surface area (Å²) in [5, 5.41) is 16.3. The van der Waals surface area contributed by atoms with Crippen molar-refractivity contribution in [3.05, 3.63) is 47.9 Å². The van der Waals surface area contributed by atoms with E-state index < -0.39 is 0 Å². The molecule has 3 aliphatic rings. The number of hydrogen-bond acceptors (Lipinski definition) is 7. The van der Waals surface area contributed by atoms with Crippen molar-refractivity contribution in [1.29, 1.82) is 0 Å². The number of nitrogens with zero attached hydrogens (tertiary/aromatic N) is 7. The first-order chi connectivity index (χ1) is 12.9. The number of benzene rings is 1. The van der Waals surface area contributed by atoms with Crippen LogP contribution in [-0.2, 0) is 12.8 Å². The van der Waals surface area contributed by atoms with Crippen LogP contribution in [0.3, 0.4) is 0 Å². The first-order valence-corrected chi connectivity index (χ1v) is 9.24. The van der Waals surface area contributed by atoms with Crippen molar-refractivity contribution in [2.45, 2.75) is 31.6 Å². The summed E-state index contributed by atoms with van der Waals surface area (Å²) in [7, 11) is 0. The van der Waals surface area contributed by atoms with Crippen LogP contribution in [0.4, 0.5) is 0 Å².